The van der Waals surface area contributed by atoms with Crippen molar-refractivity contribution in [1.82, 2.24) is 4.57 Å². The van der Waals surface area contributed by atoms with Gasteiger partial charge in [-0.1, -0.05) is 35.1 Å². The van der Waals surface area contributed by atoms with Crippen LogP contribution in [0.2, 0.25) is 5.02 Å². The van der Waals surface area contributed by atoms with Crippen molar-refractivity contribution in [2.45, 2.75) is 6.92 Å². The van der Waals surface area contributed by atoms with Crippen LogP contribution in [0.5, 0.6) is 0 Å². The molecule has 112 valence electrons. The van der Waals surface area contributed by atoms with Gasteiger partial charge in [-0.3, -0.25) is 4.79 Å². The monoisotopic (exact) mass is 334 g/mol. The molecule has 6 heteroatoms. The maximum Gasteiger partial charge on any atom is 0.282 e. The Morgan fingerprint density at radius 2 is 2.05 bits per heavy atom. The molecular weight excluding hydrogens is 323 g/mol. The van der Waals surface area contributed by atoms with Gasteiger partial charge >= 0.3 is 0 Å². The number of hydrogen-bond acceptors (Lipinski definition) is 2. The van der Waals surface area contributed by atoms with Crippen LogP contribution in [0.1, 0.15) is 15.9 Å². The molecule has 0 unspecified atom stereocenters. The number of nitrogens with zero attached hydrogens (tertiary/aromatic N) is 2. The number of benzene rings is 2. The standard InChI is InChI=1S/C16H12ClFN2OS/c1-9-7-10(17)8-13-14(9)20(2)16(22-13)19-15(21)11-5-3-4-6-12(11)18/h3-8H,1-2H3. The van der Waals surface area contributed by atoms with Crippen LogP contribution in [0, 0.1) is 12.7 Å². The van der Waals surface area contributed by atoms with Gasteiger partial charge in [0, 0.05) is 12.1 Å². The van der Waals surface area contributed by atoms with E-state index in [1.54, 1.807) is 6.07 Å². The SMILES string of the molecule is Cc1cc(Cl)cc2sc(=NC(=O)c3ccccc3F)n(C)c12. The molecule has 0 fully saturated rings. The van der Waals surface area contributed by atoms with E-state index in [2.05, 4.69) is 4.99 Å². The first-order valence-electron chi connectivity index (χ1n) is 6.56. The highest BCUT2D eigenvalue weighted by Crippen LogP contribution is 2.25. The Kier molecular flexibility index (Phi) is 3.85. The lowest BCUT2D eigenvalue weighted by Crippen LogP contribution is -2.14. The number of carbonyl (C=O) groups excluding carboxylic acids is 1. The Balaban J connectivity index is 2.18. The van der Waals surface area contributed by atoms with Crippen molar-refractivity contribution in [2.75, 3.05) is 0 Å². The second-order valence-electron chi connectivity index (χ2n) is 4.91. The molecule has 0 aliphatic heterocycles. The number of hydrogen-bond donors (Lipinski definition) is 0. The van der Waals surface area contributed by atoms with E-state index in [0.29, 0.717) is 9.82 Å². The minimum absolute atomic E-state index is 0.0327. The first-order chi connectivity index (χ1) is 10.5. The second kappa shape index (κ2) is 5.66. The molecule has 1 heterocycles. The number of amides is 1. The quantitative estimate of drug-likeness (QED) is 0.660. The van der Waals surface area contributed by atoms with Gasteiger partial charge in [-0.2, -0.15) is 4.99 Å². The van der Waals surface area contributed by atoms with Gasteiger partial charge in [0.05, 0.1) is 15.8 Å². The molecule has 0 saturated carbocycles. The zero-order chi connectivity index (χ0) is 15.9. The van der Waals surface area contributed by atoms with Gasteiger partial charge in [0.15, 0.2) is 4.80 Å². The highest BCUT2D eigenvalue weighted by atomic mass is 35.5. The Hall–Kier alpha value is -1.98. The summed E-state index contributed by atoms with van der Waals surface area (Å²) in [4.78, 5) is 16.7. The molecule has 2 aromatic carbocycles. The van der Waals surface area contributed by atoms with Gasteiger partial charge in [-0.05, 0) is 36.8 Å². The average Bonchev–Trinajstić information content (AvgIpc) is 2.75. The Morgan fingerprint density at radius 1 is 1.32 bits per heavy atom. The van der Waals surface area contributed by atoms with Crippen LogP contribution in [0.15, 0.2) is 41.4 Å². The molecule has 0 N–H and O–H groups in total. The Labute approximate surface area is 135 Å². The van der Waals surface area contributed by atoms with Crippen LogP contribution in [0.4, 0.5) is 4.39 Å². The van der Waals surface area contributed by atoms with Crippen LogP contribution in [0.25, 0.3) is 10.2 Å². The first kappa shape index (κ1) is 14.9. The average molecular weight is 335 g/mol. The normalized spacial score (nSPS) is 12.1. The van der Waals surface area contributed by atoms with Crippen molar-refractivity contribution in [1.29, 1.82) is 0 Å². The summed E-state index contributed by atoms with van der Waals surface area (Å²) in [5.41, 5.74) is 1.94. The minimum Gasteiger partial charge on any atom is -0.319 e. The van der Waals surface area contributed by atoms with Crippen molar-refractivity contribution >= 4 is 39.1 Å². The van der Waals surface area contributed by atoms with Gasteiger partial charge in [0.1, 0.15) is 5.82 Å². The summed E-state index contributed by atoms with van der Waals surface area (Å²) >= 11 is 7.41. The van der Waals surface area contributed by atoms with Gasteiger partial charge in [0.2, 0.25) is 0 Å². The van der Waals surface area contributed by atoms with E-state index in [0.717, 1.165) is 15.8 Å². The topological polar surface area (TPSA) is 34.4 Å². The molecule has 0 aliphatic carbocycles. The number of rotatable bonds is 1. The molecule has 1 aromatic heterocycles. The lowest BCUT2D eigenvalue weighted by molar-refractivity contribution is 0.0994. The van der Waals surface area contributed by atoms with Crippen molar-refractivity contribution in [3.63, 3.8) is 0 Å². The van der Waals surface area contributed by atoms with Gasteiger partial charge in [-0.25, -0.2) is 4.39 Å². The van der Waals surface area contributed by atoms with Gasteiger partial charge in [-0.15, -0.1) is 0 Å². The van der Waals surface area contributed by atoms with E-state index in [4.69, 9.17) is 11.6 Å². The molecule has 1 amide bonds. The highest BCUT2D eigenvalue weighted by molar-refractivity contribution is 7.16. The van der Waals surface area contributed by atoms with Crippen LogP contribution in [-0.2, 0) is 7.05 Å². The minimum atomic E-state index is -0.594. The molecule has 3 rings (SSSR count). The van der Waals surface area contributed by atoms with Gasteiger partial charge < -0.3 is 4.57 Å². The zero-order valence-corrected chi connectivity index (χ0v) is 13.5. The molecule has 0 radical (unpaired) electrons. The van der Waals surface area contributed by atoms with E-state index in [1.807, 2.05) is 30.7 Å². The summed E-state index contributed by atoms with van der Waals surface area (Å²) in [6.45, 7) is 1.95. The van der Waals surface area contributed by atoms with E-state index >= 15 is 0 Å². The fourth-order valence-electron chi connectivity index (χ4n) is 2.35. The summed E-state index contributed by atoms with van der Waals surface area (Å²) in [6, 6.07) is 9.52. The molecule has 0 spiro atoms. The van der Waals surface area contributed by atoms with Crippen molar-refractivity contribution < 1.29 is 9.18 Å². The van der Waals surface area contributed by atoms with E-state index in [9.17, 15) is 9.18 Å². The summed E-state index contributed by atoms with van der Waals surface area (Å²) in [5, 5.41) is 0.638. The van der Waals surface area contributed by atoms with Crippen LogP contribution in [-0.4, -0.2) is 10.5 Å². The largest absolute Gasteiger partial charge is 0.319 e. The van der Waals surface area contributed by atoms with Crippen molar-refractivity contribution in [3.8, 4) is 0 Å². The molecule has 0 atom stereocenters. The molecular formula is C16H12ClFN2OS. The number of aryl methyl sites for hydroxylation is 2. The van der Waals surface area contributed by atoms with Crippen LogP contribution >= 0.6 is 22.9 Å². The number of aromatic nitrogens is 1. The molecule has 0 saturated heterocycles. The highest BCUT2D eigenvalue weighted by Gasteiger charge is 2.12. The molecule has 3 nitrogen and oxygen atoms in total. The third kappa shape index (κ3) is 2.58. The predicted molar refractivity (Wildman–Crippen MR) is 86.8 cm³/mol. The lowest BCUT2D eigenvalue weighted by Gasteiger charge is -2.01. The third-order valence-electron chi connectivity index (χ3n) is 3.36. The zero-order valence-electron chi connectivity index (χ0n) is 11.9. The smallest absolute Gasteiger partial charge is 0.282 e. The predicted octanol–water partition coefficient (Wildman–Crippen LogP) is 4.08. The summed E-state index contributed by atoms with van der Waals surface area (Å²) in [5.74, 6) is -1.16. The molecule has 22 heavy (non-hydrogen) atoms. The number of halogens is 2. The number of thiazole rings is 1. The number of carbonyl (C=O) groups is 1. The molecule has 0 bridgehead atoms. The van der Waals surface area contributed by atoms with E-state index in [-0.39, 0.29) is 5.56 Å². The second-order valence-corrected chi connectivity index (χ2v) is 6.36. The van der Waals surface area contributed by atoms with Gasteiger partial charge in [0.25, 0.3) is 5.91 Å². The Morgan fingerprint density at radius 3 is 2.77 bits per heavy atom. The summed E-state index contributed by atoms with van der Waals surface area (Å²) < 4.78 is 16.4. The van der Waals surface area contributed by atoms with E-state index in [1.165, 1.54) is 29.5 Å². The third-order valence-corrected chi connectivity index (χ3v) is 4.65. The molecule has 0 aliphatic rings. The van der Waals surface area contributed by atoms with E-state index < -0.39 is 11.7 Å². The fourth-order valence-corrected chi connectivity index (χ4v) is 3.83. The fraction of sp³-hybridized carbons (Fsp3) is 0.125. The lowest BCUT2D eigenvalue weighted by atomic mass is 10.2. The summed E-state index contributed by atoms with van der Waals surface area (Å²) in [7, 11) is 1.83. The first-order valence-corrected chi connectivity index (χ1v) is 7.76. The Bertz CT molecular complexity index is 958. The number of fused-ring (bicyclic) bond motifs is 1. The molecule has 3 aromatic rings. The maximum atomic E-state index is 13.7. The maximum absolute atomic E-state index is 13.7. The van der Waals surface area contributed by atoms with Crippen LogP contribution < -0.4 is 4.80 Å². The van der Waals surface area contributed by atoms with Crippen molar-refractivity contribution in [3.05, 3.63) is 63.2 Å². The van der Waals surface area contributed by atoms with Crippen molar-refractivity contribution in [2.24, 2.45) is 12.0 Å². The summed E-state index contributed by atoms with van der Waals surface area (Å²) in [6.07, 6.45) is 0. The van der Waals surface area contributed by atoms with Crippen LogP contribution in [0.3, 0.4) is 0 Å².